The molecule has 1 aromatic heterocycles. The molecule has 1 aliphatic heterocycles. The number of benzene rings is 2. The predicted octanol–water partition coefficient (Wildman–Crippen LogP) is 2.94. The highest BCUT2D eigenvalue weighted by Crippen LogP contribution is 2.20. The second kappa shape index (κ2) is 8.27. The van der Waals surface area contributed by atoms with Crippen LogP contribution in [-0.2, 0) is 6.54 Å². The summed E-state index contributed by atoms with van der Waals surface area (Å²) in [5.74, 6) is -0.0991. The third-order valence-corrected chi connectivity index (χ3v) is 5.11. The van der Waals surface area contributed by atoms with E-state index in [0.717, 1.165) is 37.4 Å². The summed E-state index contributed by atoms with van der Waals surface area (Å²) in [5.41, 5.74) is 3.77. The van der Waals surface area contributed by atoms with Crippen molar-refractivity contribution >= 4 is 17.3 Å². The van der Waals surface area contributed by atoms with Crippen molar-refractivity contribution in [3.63, 3.8) is 0 Å². The topological polar surface area (TPSA) is 53.4 Å². The van der Waals surface area contributed by atoms with E-state index in [0.29, 0.717) is 12.1 Å². The van der Waals surface area contributed by atoms with Crippen LogP contribution in [-0.4, -0.2) is 53.8 Å². The minimum absolute atomic E-state index is 0.0991. The number of hydrogen-bond acceptors (Lipinski definition) is 4. The standard InChI is InChI=1S/C22H25N5O/c1-25-13-15-26(16-14-25)21-9-7-20(8-10-21)24-22(28)19-5-3-18(4-6-19)17-27-12-2-11-23-27/h2-12H,13-17H2,1H3,(H,24,28). The third kappa shape index (κ3) is 4.40. The monoisotopic (exact) mass is 375 g/mol. The van der Waals surface area contributed by atoms with Crippen LogP contribution >= 0.6 is 0 Å². The maximum absolute atomic E-state index is 12.5. The quantitative estimate of drug-likeness (QED) is 0.745. The van der Waals surface area contributed by atoms with Crippen LogP contribution in [0.3, 0.4) is 0 Å². The van der Waals surface area contributed by atoms with Gasteiger partial charge in [0, 0.05) is 55.5 Å². The molecule has 144 valence electrons. The number of anilines is 2. The maximum atomic E-state index is 12.5. The van der Waals surface area contributed by atoms with E-state index in [1.54, 1.807) is 6.20 Å². The lowest BCUT2D eigenvalue weighted by Gasteiger charge is -2.34. The summed E-state index contributed by atoms with van der Waals surface area (Å²) in [7, 11) is 2.15. The third-order valence-electron chi connectivity index (χ3n) is 5.11. The fourth-order valence-electron chi connectivity index (χ4n) is 3.37. The Morgan fingerprint density at radius 3 is 2.36 bits per heavy atom. The highest BCUT2D eigenvalue weighted by Gasteiger charge is 2.14. The first-order valence-electron chi connectivity index (χ1n) is 9.59. The number of nitrogens with one attached hydrogen (secondary N) is 1. The highest BCUT2D eigenvalue weighted by atomic mass is 16.1. The fraction of sp³-hybridized carbons (Fsp3) is 0.273. The van der Waals surface area contributed by atoms with Crippen LogP contribution in [0.25, 0.3) is 0 Å². The zero-order valence-electron chi connectivity index (χ0n) is 16.1. The van der Waals surface area contributed by atoms with Gasteiger partial charge in [-0.25, -0.2) is 0 Å². The molecule has 3 aromatic rings. The molecule has 0 spiro atoms. The number of carbonyl (C=O) groups is 1. The van der Waals surface area contributed by atoms with E-state index >= 15 is 0 Å². The molecular formula is C22H25N5O. The van der Waals surface area contributed by atoms with Gasteiger partial charge in [0.25, 0.3) is 5.91 Å². The summed E-state index contributed by atoms with van der Waals surface area (Å²) in [6.45, 7) is 4.92. The van der Waals surface area contributed by atoms with Gasteiger partial charge in [0.1, 0.15) is 0 Å². The molecule has 0 aliphatic carbocycles. The SMILES string of the molecule is CN1CCN(c2ccc(NC(=O)c3ccc(Cn4cccn4)cc3)cc2)CC1. The largest absolute Gasteiger partial charge is 0.369 e. The van der Waals surface area contributed by atoms with Crippen molar-refractivity contribution in [2.75, 3.05) is 43.4 Å². The summed E-state index contributed by atoms with van der Waals surface area (Å²) in [6, 6.07) is 17.6. The predicted molar refractivity (Wildman–Crippen MR) is 112 cm³/mol. The molecule has 2 aromatic carbocycles. The summed E-state index contributed by atoms with van der Waals surface area (Å²) in [4.78, 5) is 17.2. The number of likely N-dealkylation sites (N-methyl/N-ethyl adjacent to an activating group) is 1. The van der Waals surface area contributed by atoms with Crippen molar-refractivity contribution in [1.29, 1.82) is 0 Å². The minimum Gasteiger partial charge on any atom is -0.369 e. The first-order chi connectivity index (χ1) is 13.7. The fourth-order valence-corrected chi connectivity index (χ4v) is 3.37. The van der Waals surface area contributed by atoms with E-state index in [2.05, 4.69) is 39.4 Å². The van der Waals surface area contributed by atoms with E-state index < -0.39 is 0 Å². The van der Waals surface area contributed by atoms with E-state index in [4.69, 9.17) is 0 Å². The van der Waals surface area contributed by atoms with Crippen molar-refractivity contribution in [1.82, 2.24) is 14.7 Å². The number of hydrogen-bond donors (Lipinski definition) is 1. The van der Waals surface area contributed by atoms with Crippen molar-refractivity contribution in [3.05, 3.63) is 78.1 Å². The van der Waals surface area contributed by atoms with Crippen molar-refractivity contribution < 1.29 is 4.79 Å². The Hall–Kier alpha value is -3.12. The summed E-state index contributed by atoms with van der Waals surface area (Å²) in [5, 5.41) is 7.18. The molecule has 0 unspecified atom stereocenters. The Kier molecular flexibility index (Phi) is 5.39. The van der Waals surface area contributed by atoms with E-state index in [-0.39, 0.29) is 5.91 Å². The van der Waals surface area contributed by atoms with Crippen LogP contribution in [0.1, 0.15) is 15.9 Å². The zero-order valence-corrected chi connectivity index (χ0v) is 16.1. The molecule has 0 radical (unpaired) electrons. The van der Waals surface area contributed by atoms with Gasteiger partial charge in [-0.3, -0.25) is 9.48 Å². The second-order valence-electron chi connectivity index (χ2n) is 7.19. The van der Waals surface area contributed by atoms with Crippen molar-refractivity contribution in [2.45, 2.75) is 6.54 Å². The summed E-state index contributed by atoms with van der Waals surface area (Å²) >= 11 is 0. The molecular weight excluding hydrogens is 350 g/mol. The number of amides is 1. The number of piperazine rings is 1. The summed E-state index contributed by atoms with van der Waals surface area (Å²) in [6.07, 6.45) is 3.68. The Balaban J connectivity index is 1.35. The van der Waals surface area contributed by atoms with Crippen LogP contribution in [0, 0.1) is 0 Å². The first-order valence-corrected chi connectivity index (χ1v) is 9.59. The molecule has 2 heterocycles. The molecule has 4 rings (SSSR count). The zero-order chi connectivity index (χ0) is 19.3. The lowest BCUT2D eigenvalue weighted by molar-refractivity contribution is 0.102. The molecule has 0 bridgehead atoms. The Bertz CT molecular complexity index is 895. The van der Waals surface area contributed by atoms with Gasteiger partial charge in [-0.15, -0.1) is 0 Å². The maximum Gasteiger partial charge on any atom is 0.255 e. The van der Waals surface area contributed by atoms with Gasteiger partial charge >= 0.3 is 0 Å². The van der Waals surface area contributed by atoms with Crippen LogP contribution in [0.15, 0.2) is 67.0 Å². The molecule has 6 heteroatoms. The molecule has 1 amide bonds. The first kappa shape index (κ1) is 18.3. The average molecular weight is 375 g/mol. The second-order valence-corrected chi connectivity index (χ2v) is 7.19. The number of aromatic nitrogens is 2. The lowest BCUT2D eigenvalue weighted by atomic mass is 10.1. The van der Waals surface area contributed by atoms with Crippen LogP contribution in [0.4, 0.5) is 11.4 Å². The molecule has 1 aliphatic rings. The Labute approximate surface area is 165 Å². The normalized spacial score (nSPS) is 14.8. The lowest BCUT2D eigenvalue weighted by Crippen LogP contribution is -2.44. The van der Waals surface area contributed by atoms with Gasteiger partial charge in [-0.2, -0.15) is 5.10 Å². The van der Waals surface area contributed by atoms with E-state index in [1.165, 1.54) is 5.69 Å². The number of nitrogens with zero attached hydrogens (tertiary/aromatic N) is 4. The molecule has 1 fully saturated rings. The molecule has 0 atom stereocenters. The molecule has 28 heavy (non-hydrogen) atoms. The number of carbonyl (C=O) groups excluding carboxylic acids is 1. The van der Waals surface area contributed by atoms with Crippen molar-refractivity contribution in [2.24, 2.45) is 0 Å². The van der Waals surface area contributed by atoms with E-state index in [1.807, 2.05) is 53.3 Å². The molecule has 1 N–H and O–H groups in total. The van der Waals surface area contributed by atoms with Gasteiger partial charge in [-0.05, 0) is 55.1 Å². The summed E-state index contributed by atoms with van der Waals surface area (Å²) < 4.78 is 1.86. The van der Waals surface area contributed by atoms with Crippen LogP contribution in [0.5, 0.6) is 0 Å². The Morgan fingerprint density at radius 1 is 1.00 bits per heavy atom. The average Bonchev–Trinajstić information content (AvgIpc) is 3.23. The van der Waals surface area contributed by atoms with Crippen molar-refractivity contribution in [3.8, 4) is 0 Å². The molecule has 0 saturated carbocycles. The minimum atomic E-state index is -0.0991. The Morgan fingerprint density at radius 2 is 1.71 bits per heavy atom. The van der Waals surface area contributed by atoms with Crippen LogP contribution in [0.2, 0.25) is 0 Å². The van der Waals surface area contributed by atoms with Gasteiger partial charge in [0.2, 0.25) is 0 Å². The smallest absolute Gasteiger partial charge is 0.255 e. The van der Waals surface area contributed by atoms with Gasteiger partial charge < -0.3 is 15.1 Å². The number of rotatable bonds is 5. The van der Waals surface area contributed by atoms with Crippen LogP contribution < -0.4 is 10.2 Å². The highest BCUT2D eigenvalue weighted by molar-refractivity contribution is 6.04. The van der Waals surface area contributed by atoms with Gasteiger partial charge in [-0.1, -0.05) is 12.1 Å². The van der Waals surface area contributed by atoms with Gasteiger partial charge in [0.15, 0.2) is 0 Å². The molecule has 1 saturated heterocycles. The van der Waals surface area contributed by atoms with E-state index in [9.17, 15) is 4.79 Å². The van der Waals surface area contributed by atoms with Gasteiger partial charge in [0.05, 0.1) is 6.54 Å². The molecule has 6 nitrogen and oxygen atoms in total.